The summed E-state index contributed by atoms with van der Waals surface area (Å²) in [5.74, 6) is 3.34. The van der Waals surface area contributed by atoms with Crippen LogP contribution in [0.2, 0.25) is 0 Å². The highest BCUT2D eigenvalue weighted by Crippen LogP contribution is 2.56. The quantitative estimate of drug-likeness (QED) is 0.851. The molecule has 1 aromatic heterocycles. The molecule has 0 spiro atoms. The Kier molecular flexibility index (Phi) is 2.29. The summed E-state index contributed by atoms with van der Waals surface area (Å²) in [6, 6.07) is 0. The lowest BCUT2D eigenvalue weighted by Crippen LogP contribution is -2.55. The fourth-order valence-corrected chi connectivity index (χ4v) is 5.03. The van der Waals surface area contributed by atoms with Crippen molar-refractivity contribution in [2.24, 2.45) is 17.8 Å². The van der Waals surface area contributed by atoms with Gasteiger partial charge in [0.1, 0.15) is 5.69 Å². The third kappa shape index (κ3) is 1.86. The summed E-state index contributed by atoms with van der Waals surface area (Å²) >= 11 is 0. The fraction of sp³-hybridized carbons (Fsp3) is 0.786. The molecule has 0 unspecified atom stereocenters. The van der Waals surface area contributed by atoms with E-state index < -0.39 is 0 Å². The first-order chi connectivity index (χ1) is 9.12. The molecule has 4 fully saturated rings. The normalized spacial score (nSPS) is 39.5. The molecule has 0 amide bonds. The summed E-state index contributed by atoms with van der Waals surface area (Å²) in [7, 11) is 0. The number of rotatable bonds is 2. The van der Waals surface area contributed by atoms with Crippen LogP contribution in [0.1, 0.15) is 44.2 Å². The molecule has 4 aliphatic rings. The summed E-state index contributed by atoms with van der Waals surface area (Å²) in [5.41, 5.74) is 0.607. The molecule has 4 bridgehead atoms. The van der Waals surface area contributed by atoms with Crippen molar-refractivity contribution >= 4 is 5.82 Å². The average molecular weight is 260 g/mol. The van der Waals surface area contributed by atoms with Crippen LogP contribution in [-0.2, 0) is 0 Å². The van der Waals surface area contributed by atoms with E-state index in [1.54, 1.807) is 0 Å². The van der Waals surface area contributed by atoms with E-state index >= 15 is 0 Å². The Morgan fingerprint density at radius 1 is 1.16 bits per heavy atom. The summed E-state index contributed by atoms with van der Waals surface area (Å²) in [6.45, 7) is 1.89. The van der Waals surface area contributed by atoms with Gasteiger partial charge in [0.2, 0.25) is 0 Å². The maximum atomic E-state index is 11.4. The largest absolute Gasteiger partial charge is 0.363 e. The van der Waals surface area contributed by atoms with Crippen LogP contribution in [0.4, 0.5) is 5.82 Å². The first-order valence-corrected chi connectivity index (χ1v) is 7.33. The van der Waals surface area contributed by atoms with E-state index in [9.17, 15) is 4.79 Å². The van der Waals surface area contributed by atoms with Crippen molar-refractivity contribution in [3.63, 3.8) is 0 Å². The third-order valence-electron chi connectivity index (χ3n) is 5.30. The SMILES string of the molecule is Cc1n[nH]c(=O)nc1NC12CC3CC(CC(C3)C1)C2. The van der Waals surface area contributed by atoms with Crippen LogP contribution < -0.4 is 11.0 Å². The number of aromatic nitrogens is 3. The van der Waals surface area contributed by atoms with Gasteiger partial charge in [-0.25, -0.2) is 9.89 Å². The summed E-state index contributed by atoms with van der Waals surface area (Å²) in [5, 5.41) is 10.0. The zero-order valence-corrected chi connectivity index (χ0v) is 11.3. The molecule has 19 heavy (non-hydrogen) atoms. The zero-order valence-electron chi connectivity index (χ0n) is 11.3. The molecule has 2 N–H and O–H groups in total. The molecular weight excluding hydrogens is 240 g/mol. The van der Waals surface area contributed by atoms with Crippen LogP contribution >= 0.6 is 0 Å². The van der Waals surface area contributed by atoms with Gasteiger partial charge in [0.15, 0.2) is 5.82 Å². The molecule has 0 aromatic carbocycles. The lowest BCUT2D eigenvalue weighted by molar-refractivity contribution is 0.0105. The van der Waals surface area contributed by atoms with Crippen molar-refractivity contribution in [3.8, 4) is 0 Å². The van der Waals surface area contributed by atoms with Gasteiger partial charge in [-0.3, -0.25) is 0 Å². The Labute approximate surface area is 112 Å². The van der Waals surface area contributed by atoms with Gasteiger partial charge in [-0.15, -0.1) is 0 Å². The van der Waals surface area contributed by atoms with Crippen LogP contribution in [-0.4, -0.2) is 20.7 Å². The monoisotopic (exact) mass is 260 g/mol. The van der Waals surface area contributed by atoms with Crippen molar-refractivity contribution in [2.75, 3.05) is 5.32 Å². The molecule has 4 saturated carbocycles. The average Bonchev–Trinajstić information content (AvgIpc) is 2.31. The Balaban J connectivity index is 1.65. The van der Waals surface area contributed by atoms with E-state index in [4.69, 9.17) is 0 Å². The maximum Gasteiger partial charge on any atom is 0.363 e. The Morgan fingerprint density at radius 2 is 1.74 bits per heavy atom. The molecule has 1 aromatic rings. The Bertz CT molecular complexity index is 530. The molecule has 0 aliphatic heterocycles. The van der Waals surface area contributed by atoms with Crippen molar-refractivity contribution < 1.29 is 0 Å². The number of aryl methyl sites for hydroxylation is 1. The lowest BCUT2D eigenvalue weighted by Gasteiger charge is -2.57. The van der Waals surface area contributed by atoms with E-state index in [1.165, 1.54) is 38.5 Å². The molecule has 5 heteroatoms. The Morgan fingerprint density at radius 3 is 2.32 bits per heavy atom. The number of anilines is 1. The van der Waals surface area contributed by atoms with Crippen LogP contribution in [0, 0.1) is 24.7 Å². The highest BCUT2D eigenvalue weighted by molar-refractivity contribution is 5.41. The molecule has 0 radical (unpaired) electrons. The van der Waals surface area contributed by atoms with Crippen molar-refractivity contribution in [3.05, 3.63) is 16.2 Å². The van der Waals surface area contributed by atoms with Crippen LogP contribution in [0.3, 0.4) is 0 Å². The smallest absolute Gasteiger partial charge is 0.363 e. The minimum Gasteiger partial charge on any atom is -0.363 e. The highest BCUT2D eigenvalue weighted by Gasteiger charge is 2.51. The standard InChI is InChI=1S/C14H20N4O/c1-8-12(15-13(19)18-17-8)16-14-5-9-2-10(6-14)4-11(3-9)7-14/h9-11H,2-7H2,1H3,(H2,15,16,18,19). The number of hydrogen-bond donors (Lipinski definition) is 2. The molecular formula is C14H20N4O. The van der Waals surface area contributed by atoms with Crippen LogP contribution in [0.25, 0.3) is 0 Å². The van der Waals surface area contributed by atoms with Gasteiger partial charge < -0.3 is 5.32 Å². The minimum absolute atomic E-state index is 0.183. The third-order valence-corrected chi connectivity index (χ3v) is 5.30. The van der Waals surface area contributed by atoms with E-state index in [1.807, 2.05) is 6.92 Å². The first-order valence-electron chi connectivity index (χ1n) is 7.33. The lowest BCUT2D eigenvalue weighted by atomic mass is 9.53. The second-order valence-electron chi connectivity index (χ2n) is 6.90. The van der Waals surface area contributed by atoms with Crippen molar-refractivity contribution in [2.45, 2.75) is 51.0 Å². The van der Waals surface area contributed by atoms with E-state index in [-0.39, 0.29) is 11.2 Å². The number of aromatic amines is 1. The van der Waals surface area contributed by atoms with Gasteiger partial charge in [-0.2, -0.15) is 10.1 Å². The van der Waals surface area contributed by atoms with Gasteiger partial charge in [0.05, 0.1) is 0 Å². The molecule has 5 rings (SSSR count). The summed E-state index contributed by atoms with van der Waals surface area (Å²) < 4.78 is 0. The molecule has 0 atom stereocenters. The van der Waals surface area contributed by atoms with E-state index in [2.05, 4.69) is 20.5 Å². The Hall–Kier alpha value is -1.39. The minimum atomic E-state index is -0.363. The maximum absolute atomic E-state index is 11.4. The van der Waals surface area contributed by atoms with E-state index in [0.717, 1.165) is 23.4 Å². The van der Waals surface area contributed by atoms with Crippen molar-refractivity contribution in [1.82, 2.24) is 15.2 Å². The van der Waals surface area contributed by atoms with Crippen LogP contribution in [0.5, 0.6) is 0 Å². The number of hydrogen-bond acceptors (Lipinski definition) is 4. The number of nitrogens with zero attached hydrogens (tertiary/aromatic N) is 2. The van der Waals surface area contributed by atoms with Gasteiger partial charge in [-0.05, 0) is 63.2 Å². The molecule has 4 aliphatic carbocycles. The molecule has 5 nitrogen and oxygen atoms in total. The van der Waals surface area contributed by atoms with Gasteiger partial charge in [0, 0.05) is 5.54 Å². The molecule has 0 saturated heterocycles. The van der Waals surface area contributed by atoms with Crippen molar-refractivity contribution in [1.29, 1.82) is 0 Å². The van der Waals surface area contributed by atoms with Crippen LogP contribution in [0.15, 0.2) is 4.79 Å². The predicted molar refractivity (Wildman–Crippen MR) is 71.9 cm³/mol. The molecule has 1 heterocycles. The second-order valence-corrected chi connectivity index (χ2v) is 6.90. The number of H-pyrrole nitrogens is 1. The van der Waals surface area contributed by atoms with Gasteiger partial charge >= 0.3 is 5.69 Å². The van der Waals surface area contributed by atoms with Gasteiger partial charge in [-0.1, -0.05) is 0 Å². The van der Waals surface area contributed by atoms with Gasteiger partial charge in [0.25, 0.3) is 0 Å². The topological polar surface area (TPSA) is 70.7 Å². The summed E-state index contributed by atoms with van der Waals surface area (Å²) in [4.78, 5) is 15.4. The second kappa shape index (κ2) is 3.81. The first kappa shape index (κ1) is 11.4. The highest BCUT2D eigenvalue weighted by atomic mass is 16.1. The fourth-order valence-electron chi connectivity index (χ4n) is 5.03. The molecule has 102 valence electrons. The number of nitrogens with one attached hydrogen (secondary N) is 2. The zero-order chi connectivity index (χ0) is 13.0. The van der Waals surface area contributed by atoms with E-state index in [0.29, 0.717) is 5.82 Å². The summed E-state index contributed by atoms with van der Waals surface area (Å²) in [6.07, 6.45) is 7.98. The predicted octanol–water partition coefficient (Wildman–Crippen LogP) is 1.85.